The molecule has 2 aromatic heterocycles. The van der Waals surface area contributed by atoms with Crippen molar-refractivity contribution in [1.29, 1.82) is 0 Å². The van der Waals surface area contributed by atoms with Crippen molar-refractivity contribution in [3.63, 3.8) is 0 Å². The summed E-state index contributed by atoms with van der Waals surface area (Å²) < 4.78 is 2.02. The summed E-state index contributed by atoms with van der Waals surface area (Å²) in [6.07, 6.45) is 3.47. The van der Waals surface area contributed by atoms with Crippen molar-refractivity contribution in [2.75, 3.05) is 5.75 Å². The minimum Gasteiger partial charge on any atom is -0.302 e. The van der Waals surface area contributed by atoms with Gasteiger partial charge in [0.2, 0.25) is 0 Å². The summed E-state index contributed by atoms with van der Waals surface area (Å²) in [6, 6.07) is 11.7. The molecular weight excluding hydrogens is 344 g/mol. The van der Waals surface area contributed by atoms with Crippen LogP contribution < -0.4 is 0 Å². The standard InChI is InChI=1S/C20H22N4OS/c1-4-24-19(17-9-11-21-12-10-17)22-23-20(24)26-13-18(25)16-7-5-15(6-8-16)14(2)3/h5-12,14H,4,13H2,1-3H3. The van der Waals surface area contributed by atoms with Crippen molar-refractivity contribution >= 4 is 17.5 Å². The summed E-state index contributed by atoms with van der Waals surface area (Å²) in [6.45, 7) is 7.07. The fourth-order valence-corrected chi connectivity index (χ4v) is 3.56. The van der Waals surface area contributed by atoms with E-state index in [2.05, 4.69) is 29.0 Å². The first-order valence-electron chi connectivity index (χ1n) is 8.69. The second-order valence-electron chi connectivity index (χ2n) is 6.27. The van der Waals surface area contributed by atoms with E-state index in [1.807, 2.05) is 47.9 Å². The Morgan fingerprint density at radius 1 is 1.08 bits per heavy atom. The third kappa shape index (κ3) is 4.02. The summed E-state index contributed by atoms with van der Waals surface area (Å²) in [5.41, 5.74) is 2.94. The molecular formula is C20H22N4OS. The van der Waals surface area contributed by atoms with E-state index in [1.54, 1.807) is 12.4 Å². The molecule has 0 radical (unpaired) electrons. The van der Waals surface area contributed by atoms with Crippen LogP contribution in [0.25, 0.3) is 11.4 Å². The summed E-state index contributed by atoms with van der Waals surface area (Å²) in [5.74, 6) is 1.70. The highest BCUT2D eigenvalue weighted by Gasteiger charge is 2.15. The maximum Gasteiger partial charge on any atom is 0.191 e. The molecule has 0 aliphatic heterocycles. The number of ketones is 1. The largest absolute Gasteiger partial charge is 0.302 e. The van der Waals surface area contributed by atoms with Gasteiger partial charge in [-0.3, -0.25) is 9.78 Å². The van der Waals surface area contributed by atoms with E-state index in [-0.39, 0.29) is 5.78 Å². The van der Waals surface area contributed by atoms with Gasteiger partial charge in [0.1, 0.15) is 0 Å². The molecule has 0 fully saturated rings. The minimum atomic E-state index is 0.0985. The molecule has 0 aliphatic rings. The number of hydrogen-bond donors (Lipinski definition) is 0. The fourth-order valence-electron chi connectivity index (χ4n) is 2.66. The van der Waals surface area contributed by atoms with Gasteiger partial charge in [0, 0.05) is 30.1 Å². The van der Waals surface area contributed by atoms with Crippen LogP contribution in [0.3, 0.4) is 0 Å². The lowest BCUT2D eigenvalue weighted by molar-refractivity contribution is 0.102. The molecule has 0 aliphatic carbocycles. The van der Waals surface area contributed by atoms with Crippen LogP contribution in [0.5, 0.6) is 0 Å². The van der Waals surface area contributed by atoms with Crippen LogP contribution in [0.1, 0.15) is 42.6 Å². The number of nitrogens with zero attached hydrogens (tertiary/aromatic N) is 4. The van der Waals surface area contributed by atoms with Crippen molar-refractivity contribution in [3.8, 4) is 11.4 Å². The molecule has 0 atom stereocenters. The molecule has 0 unspecified atom stereocenters. The van der Waals surface area contributed by atoms with E-state index in [4.69, 9.17) is 0 Å². The third-order valence-electron chi connectivity index (χ3n) is 4.20. The normalized spacial score (nSPS) is 11.1. The summed E-state index contributed by atoms with van der Waals surface area (Å²) >= 11 is 1.42. The Hall–Kier alpha value is -2.47. The molecule has 0 saturated heterocycles. The number of thioether (sulfide) groups is 1. The van der Waals surface area contributed by atoms with Crippen LogP contribution in [0.2, 0.25) is 0 Å². The first-order chi connectivity index (χ1) is 12.6. The zero-order valence-electron chi connectivity index (χ0n) is 15.2. The van der Waals surface area contributed by atoms with Gasteiger partial charge in [-0.15, -0.1) is 10.2 Å². The molecule has 0 spiro atoms. The summed E-state index contributed by atoms with van der Waals surface area (Å²) in [4.78, 5) is 16.5. The molecule has 5 nitrogen and oxygen atoms in total. The lowest BCUT2D eigenvalue weighted by Crippen LogP contribution is -2.05. The smallest absolute Gasteiger partial charge is 0.191 e. The predicted molar refractivity (Wildman–Crippen MR) is 105 cm³/mol. The third-order valence-corrected chi connectivity index (χ3v) is 5.17. The molecule has 2 heterocycles. The number of Topliss-reactive ketones (excluding diaryl/α,β-unsaturated/α-hetero) is 1. The number of aromatic nitrogens is 4. The molecule has 26 heavy (non-hydrogen) atoms. The topological polar surface area (TPSA) is 60.7 Å². The van der Waals surface area contributed by atoms with Gasteiger partial charge < -0.3 is 4.57 Å². The van der Waals surface area contributed by atoms with Crippen molar-refractivity contribution in [3.05, 3.63) is 59.9 Å². The lowest BCUT2D eigenvalue weighted by atomic mass is 10.0. The average Bonchev–Trinajstić information content (AvgIpc) is 3.09. The lowest BCUT2D eigenvalue weighted by Gasteiger charge is -2.08. The molecule has 3 rings (SSSR count). The van der Waals surface area contributed by atoms with Gasteiger partial charge in [-0.1, -0.05) is 49.9 Å². The maximum absolute atomic E-state index is 12.5. The average molecular weight is 366 g/mol. The highest BCUT2D eigenvalue weighted by Crippen LogP contribution is 2.24. The SMILES string of the molecule is CCn1c(SCC(=O)c2ccc(C(C)C)cc2)nnc1-c1ccncc1. The zero-order valence-corrected chi connectivity index (χ0v) is 16.0. The van der Waals surface area contributed by atoms with Crippen LogP contribution in [0.4, 0.5) is 0 Å². The Morgan fingerprint density at radius 3 is 2.38 bits per heavy atom. The summed E-state index contributed by atoms with van der Waals surface area (Å²) in [5, 5.41) is 9.32. The predicted octanol–water partition coefficient (Wildman–Crippen LogP) is 4.46. The van der Waals surface area contributed by atoms with Crippen LogP contribution in [0, 0.1) is 0 Å². The monoisotopic (exact) mass is 366 g/mol. The van der Waals surface area contributed by atoms with Crippen molar-refractivity contribution in [1.82, 2.24) is 19.7 Å². The molecule has 0 N–H and O–H groups in total. The van der Waals surface area contributed by atoms with E-state index in [0.717, 1.165) is 28.7 Å². The molecule has 0 bridgehead atoms. The second kappa shape index (κ2) is 8.27. The zero-order chi connectivity index (χ0) is 18.5. The van der Waals surface area contributed by atoms with E-state index >= 15 is 0 Å². The number of hydrogen-bond acceptors (Lipinski definition) is 5. The second-order valence-corrected chi connectivity index (χ2v) is 7.22. The highest BCUT2D eigenvalue weighted by atomic mass is 32.2. The number of pyridine rings is 1. The summed E-state index contributed by atoms with van der Waals surface area (Å²) in [7, 11) is 0. The van der Waals surface area contributed by atoms with Crippen molar-refractivity contribution in [2.24, 2.45) is 0 Å². The Kier molecular flexibility index (Phi) is 5.83. The maximum atomic E-state index is 12.5. The fraction of sp³-hybridized carbons (Fsp3) is 0.300. The molecule has 0 amide bonds. The number of rotatable bonds is 7. The quantitative estimate of drug-likeness (QED) is 0.456. The van der Waals surface area contributed by atoms with Gasteiger partial charge in [0.25, 0.3) is 0 Å². The van der Waals surface area contributed by atoms with E-state index in [0.29, 0.717) is 11.7 Å². The van der Waals surface area contributed by atoms with Gasteiger partial charge in [-0.05, 0) is 30.5 Å². The molecule has 3 aromatic rings. The Balaban J connectivity index is 1.71. The van der Waals surface area contributed by atoms with Crippen molar-refractivity contribution in [2.45, 2.75) is 38.4 Å². The van der Waals surface area contributed by atoms with Gasteiger partial charge in [-0.25, -0.2) is 0 Å². The molecule has 6 heteroatoms. The first-order valence-corrected chi connectivity index (χ1v) is 9.68. The van der Waals surface area contributed by atoms with Gasteiger partial charge >= 0.3 is 0 Å². The van der Waals surface area contributed by atoms with Crippen LogP contribution >= 0.6 is 11.8 Å². The van der Waals surface area contributed by atoms with Crippen LogP contribution in [-0.2, 0) is 6.54 Å². The van der Waals surface area contributed by atoms with Gasteiger partial charge in [0.05, 0.1) is 5.75 Å². The number of benzene rings is 1. The number of carbonyl (C=O) groups is 1. The Morgan fingerprint density at radius 2 is 1.77 bits per heavy atom. The first kappa shape index (κ1) is 18.3. The molecule has 1 aromatic carbocycles. The number of carbonyl (C=O) groups excluding carboxylic acids is 1. The van der Waals surface area contributed by atoms with Gasteiger partial charge in [0.15, 0.2) is 16.8 Å². The van der Waals surface area contributed by atoms with Crippen molar-refractivity contribution < 1.29 is 4.79 Å². The minimum absolute atomic E-state index is 0.0985. The van der Waals surface area contributed by atoms with Gasteiger partial charge in [-0.2, -0.15) is 0 Å². The van der Waals surface area contributed by atoms with Crippen LogP contribution in [-0.4, -0.2) is 31.3 Å². The molecule has 0 saturated carbocycles. The van der Waals surface area contributed by atoms with E-state index < -0.39 is 0 Å². The Bertz CT molecular complexity index is 873. The van der Waals surface area contributed by atoms with E-state index in [1.165, 1.54) is 17.3 Å². The van der Waals surface area contributed by atoms with Crippen LogP contribution in [0.15, 0.2) is 53.9 Å². The molecule has 134 valence electrons. The highest BCUT2D eigenvalue weighted by molar-refractivity contribution is 7.99. The van der Waals surface area contributed by atoms with E-state index in [9.17, 15) is 4.79 Å². The Labute approximate surface area is 157 Å².